The normalized spacial score (nSPS) is 34.7. The summed E-state index contributed by atoms with van der Waals surface area (Å²) in [5, 5.41) is 3.87. The van der Waals surface area contributed by atoms with Crippen molar-refractivity contribution in [1.82, 2.24) is 10.2 Å². The summed E-state index contributed by atoms with van der Waals surface area (Å²) in [7, 11) is 0. The van der Waals surface area contributed by atoms with Gasteiger partial charge in [-0.15, -0.1) is 0 Å². The summed E-state index contributed by atoms with van der Waals surface area (Å²) >= 11 is 0. The summed E-state index contributed by atoms with van der Waals surface area (Å²) < 4.78 is 0. The molecule has 0 spiro atoms. The molecule has 0 radical (unpaired) electrons. The Labute approximate surface area is 119 Å². The van der Waals surface area contributed by atoms with Crippen LogP contribution >= 0.6 is 0 Å². The maximum absolute atomic E-state index is 3.87. The predicted molar refractivity (Wildman–Crippen MR) is 81.2 cm³/mol. The Morgan fingerprint density at radius 3 is 2.32 bits per heavy atom. The van der Waals surface area contributed by atoms with E-state index in [2.05, 4.69) is 31.0 Å². The van der Waals surface area contributed by atoms with E-state index < -0.39 is 0 Å². The van der Waals surface area contributed by atoms with Gasteiger partial charge in [-0.05, 0) is 69.2 Å². The fourth-order valence-corrected chi connectivity index (χ4v) is 3.67. The molecule has 0 aromatic rings. The fourth-order valence-electron chi connectivity index (χ4n) is 3.67. The standard InChI is InChI=1S/C17H32N2/c1-12(2)16-8-17(18-9-14-4-5-14)11-19(10-16)13(3)15-6-7-15/h12-18H,4-11H2,1-3H3. The van der Waals surface area contributed by atoms with Crippen LogP contribution in [0.25, 0.3) is 0 Å². The van der Waals surface area contributed by atoms with Crippen LogP contribution in [0.4, 0.5) is 0 Å². The molecular weight excluding hydrogens is 232 g/mol. The van der Waals surface area contributed by atoms with Crippen LogP contribution in [0.15, 0.2) is 0 Å². The van der Waals surface area contributed by atoms with E-state index in [-0.39, 0.29) is 0 Å². The number of likely N-dealkylation sites (tertiary alicyclic amines) is 1. The largest absolute Gasteiger partial charge is 0.312 e. The van der Waals surface area contributed by atoms with Gasteiger partial charge in [-0.25, -0.2) is 0 Å². The summed E-state index contributed by atoms with van der Waals surface area (Å²) in [5.41, 5.74) is 0. The summed E-state index contributed by atoms with van der Waals surface area (Å²) in [6.45, 7) is 11.2. The molecule has 3 aliphatic rings. The Hall–Kier alpha value is -0.0800. The van der Waals surface area contributed by atoms with Crippen LogP contribution in [0.5, 0.6) is 0 Å². The fraction of sp³-hybridized carbons (Fsp3) is 1.00. The summed E-state index contributed by atoms with van der Waals surface area (Å²) in [6.07, 6.45) is 7.29. The van der Waals surface area contributed by atoms with Crippen molar-refractivity contribution >= 4 is 0 Å². The van der Waals surface area contributed by atoms with Gasteiger partial charge in [0.15, 0.2) is 0 Å². The van der Waals surface area contributed by atoms with Gasteiger partial charge in [0.25, 0.3) is 0 Å². The minimum atomic E-state index is 0.753. The van der Waals surface area contributed by atoms with Gasteiger partial charge in [0.1, 0.15) is 0 Å². The SMILES string of the molecule is CC(C)C1CC(NCC2CC2)CN(C(C)C2CC2)C1. The van der Waals surface area contributed by atoms with E-state index in [1.165, 1.54) is 51.7 Å². The van der Waals surface area contributed by atoms with Crippen molar-refractivity contribution in [1.29, 1.82) is 0 Å². The van der Waals surface area contributed by atoms with E-state index >= 15 is 0 Å². The van der Waals surface area contributed by atoms with Gasteiger partial charge in [0.05, 0.1) is 0 Å². The van der Waals surface area contributed by atoms with E-state index in [0.29, 0.717) is 0 Å². The minimum absolute atomic E-state index is 0.753. The Bertz CT molecular complexity index is 294. The number of piperidine rings is 1. The molecule has 3 fully saturated rings. The molecule has 3 unspecified atom stereocenters. The second kappa shape index (κ2) is 5.73. The van der Waals surface area contributed by atoms with E-state index in [1.807, 2.05) is 0 Å². The lowest BCUT2D eigenvalue weighted by Gasteiger charge is -2.43. The molecule has 1 N–H and O–H groups in total. The zero-order chi connectivity index (χ0) is 13.4. The van der Waals surface area contributed by atoms with Gasteiger partial charge < -0.3 is 5.32 Å². The number of nitrogens with one attached hydrogen (secondary N) is 1. The highest BCUT2D eigenvalue weighted by Gasteiger charge is 2.37. The minimum Gasteiger partial charge on any atom is -0.312 e. The summed E-state index contributed by atoms with van der Waals surface area (Å²) in [5.74, 6) is 3.75. The lowest BCUT2D eigenvalue weighted by molar-refractivity contribution is 0.0758. The second-order valence-corrected chi connectivity index (χ2v) is 7.82. The smallest absolute Gasteiger partial charge is 0.0198 e. The van der Waals surface area contributed by atoms with Crippen LogP contribution < -0.4 is 5.32 Å². The molecule has 2 aliphatic carbocycles. The highest BCUT2D eigenvalue weighted by Crippen LogP contribution is 2.37. The topological polar surface area (TPSA) is 15.3 Å². The third-order valence-electron chi connectivity index (χ3n) is 5.73. The molecule has 1 saturated heterocycles. The summed E-state index contributed by atoms with van der Waals surface area (Å²) in [6, 6.07) is 1.58. The maximum atomic E-state index is 3.87. The zero-order valence-corrected chi connectivity index (χ0v) is 13.1. The highest BCUT2D eigenvalue weighted by molar-refractivity contribution is 4.92. The monoisotopic (exact) mass is 264 g/mol. The molecule has 1 aliphatic heterocycles. The Balaban J connectivity index is 1.56. The van der Waals surface area contributed by atoms with Crippen LogP contribution in [-0.2, 0) is 0 Å². The molecule has 3 atom stereocenters. The Kier molecular flexibility index (Phi) is 4.19. The molecule has 2 heteroatoms. The van der Waals surface area contributed by atoms with Crippen molar-refractivity contribution in [3.63, 3.8) is 0 Å². The van der Waals surface area contributed by atoms with Crippen LogP contribution in [0, 0.1) is 23.7 Å². The molecule has 1 heterocycles. The first-order chi connectivity index (χ1) is 9.13. The van der Waals surface area contributed by atoms with Gasteiger partial charge in [-0.3, -0.25) is 4.90 Å². The van der Waals surface area contributed by atoms with E-state index in [1.54, 1.807) is 0 Å². The molecule has 0 bridgehead atoms. The zero-order valence-electron chi connectivity index (χ0n) is 13.1. The molecule has 110 valence electrons. The molecular formula is C17H32N2. The molecule has 0 aromatic heterocycles. The van der Waals surface area contributed by atoms with Gasteiger partial charge in [-0.2, -0.15) is 0 Å². The summed E-state index contributed by atoms with van der Waals surface area (Å²) in [4.78, 5) is 2.80. The average Bonchev–Trinajstić information content (AvgIpc) is 3.28. The van der Waals surface area contributed by atoms with Crippen LogP contribution in [-0.4, -0.2) is 36.6 Å². The van der Waals surface area contributed by atoms with Crippen LogP contribution in [0.3, 0.4) is 0 Å². The third-order valence-corrected chi connectivity index (χ3v) is 5.73. The Morgan fingerprint density at radius 2 is 1.74 bits per heavy atom. The first-order valence-corrected chi connectivity index (χ1v) is 8.61. The lowest BCUT2D eigenvalue weighted by Crippen LogP contribution is -2.53. The number of rotatable bonds is 6. The maximum Gasteiger partial charge on any atom is 0.0198 e. The number of nitrogens with zero attached hydrogens (tertiary/aromatic N) is 1. The average molecular weight is 264 g/mol. The van der Waals surface area contributed by atoms with Crippen molar-refractivity contribution < 1.29 is 0 Å². The molecule has 0 amide bonds. The first-order valence-electron chi connectivity index (χ1n) is 8.61. The van der Waals surface area contributed by atoms with Crippen LogP contribution in [0.2, 0.25) is 0 Å². The van der Waals surface area contributed by atoms with Gasteiger partial charge in [0.2, 0.25) is 0 Å². The van der Waals surface area contributed by atoms with Crippen molar-refractivity contribution in [2.75, 3.05) is 19.6 Å². The number of hydrogen-bond donors (Lipinski definition) is 1. The van der Waals surface area contributed by atoms with Crippen molar-refractivity contribution in [3.05, 3.63) is 0 Å². The third kappa shape index (κ3) is 3.72. The van der Waals surface area contributed by atoms with Gasteiger partial charge >= 0.3 is 0 Å². The Morgan fingerprint density at radius 1 is 1.00 bits per heavy atom. The van der Waals surface area contributed by atoms with E-state index in [4.69, 9.17) is 0 Å². The molecule has 2 saturated carbocycles. The van der Waals surface area contributed by atoms with E-state index in [0.717, 1.165) is 35.8 Å². The predicted octanol–water partition coefficient (Wildman–Crippen LogP) is 3.13. The molecule has 0 aromatic carbocycles. The van der Waals surface area contributed by atoms with Gasteiger partial charge in [0, 0.05) is 25.2 Å². The van der Waals surface area contributed by atoms with Crippen molar-refractivity contribution in [3.8, 4) is 0 Å². The number of hydrogen-bond acceptors (Lipinski definition) is 2. The highest BCUT2D eigenvalue weighted by atomic mass is 15.2. The van der Waals surface area contributed by atoms with Crippen LogP contribution in [0.1, 0.15) is 52.9 Å². The van der Waals surface area contributed by atoms with Crippen molar-refractivity contribution in [2.45, 2.75) is 65.0 Å². The van der Waals surface area contributed by atoms with E-state index in [9.17, 15) is 0 Å². The molecule has 3 rings (SSSR count). The lowest BCUT2D eigenvalue weighted by atomic mass is 9.84. The quantitative estimate of drug-likeness (QED) is 0.793. The van der Waals surface area contributed by atoms with Crippen molar-refractivity contribution in [2.24, 2.45) is 23.7 Å². The molecule has 2 nitrogen and oxygen atoms in total. The van der Waals surface area contributed by atoms with Gasteiger partial charge in [-0.1, -0.05) is 13.8 Å². The second-order valence-electron chi connectivity index (χ2n) is 7.82. The first kappa shape index (κ1) is 13.9. The molecule has 19 heavy (non-hydrogen) atoms.